The van der Waals surface area contributed by atoms with Crippen molar-refractivity contribution >= 4 is 11.8 Å². The fourth-order valence-corrected chi connectivity index (χ4v) is 4.26. The van der Waals surface area contributed by atoms with Crippen molar-refractivity contribution in [2.45, 2.75) is 43.3 Å². The molecule has 0 aliphatic carbocycles. The molecule has 2 aromatic carbocycles. The van der Waals surface area contributed by atoms with Crippen molar-refractivity contribution < 1.29 is 9.47 Å². The van der Waals surface area contributed by atoms with Gasteiger partial charge in [-0.05, 0) is 36.0 Å². The Hall–Kier alpha value is -1.29. The Bertz CT molecular complexity index is 602. The van der Waals surface area contributed by atoms with Crippen LogP contribution < -0.4 is 0 Å². The van der Waals surface area contributed by atoms with Crippen LogP contribution in [0.15, 0.2) is 65.6 Å². The minimum absolute atomic E-state index is 0.165. The average molecular weight is 343 g/mol. The van der Waals surface area contributed by atoms with E-state index in [4.69, 9.17) is 9.47 Å². The van der Waals surface area contributed by atoms with Crippen molar-refractivity contribution in [3.63, 3.8) is 0 Å². The summed E-state index contributed by atoms with van der Waals surface area (Å²) in [5.41, 5.74) is 1.42. The molecule has 1 aliphatic rings. The van der Waals surface area contributed by atoms with Gasteiger partial charge in [-0.15, -0.1) is 0 Å². The Labute approximate surface area is 149 Å². The van der Waals surface area contributed by atoms with Crippen LogP contribution in [0.5, 0.6) is 0 Å². The SMILES string of the molecule is C[C@@H]1C[C@H](Sc2ccccc2)OC(COCc2ccccc2)[C@H]1C. The molecule has 1 aliphatic heterocycles. The number of thioether (sulfide) groups is 1. The minimum atomic E-state index is 0.165. The van der Waals surface area contributed by atoms with Crippen molar-refractivity contribution in [1.82, 2.24) is 0 Å². The van der Waals surface area contributed by atoms with E-state index in [-0.39, 0.29) is 11.5 Å². The molecule has 3 heteroatoms. The molecule has 1 unspecified atom stereocenters. The zero-order valence-electron chi connectivity index (χ0n) is 14.4. The van der Waals surface area contributed by atoms with Gasteiger partial charge < -0.3 is 9.47 Å². The Morgan fingerprint density at radius 3 is 2.38 bits per heavy atom. The van der Waals surface area contributed by atoms with Crippen LogP contribution in [-0.2, 0) is 16.1 Å². The highest BCUT2D eigenvalue weighted by Gasteiger charge is 2.34. The standard InChI is InChI=1S/C21H26O2S/c1-16-13-21(24-19-11-7-4-8-12-19)23-20(17(16)2)15-22-14-18-9-5-3-6-10-18/h3-12,16-17,20-21H,13-15H2,1-2H3/t16-,17+,20?,21+/m1/s1. The summed E-state index contributed by atoms with van der Waals surface area (Å²) in [5.74, 6) is 1.17. The molecule has 0 aromatic heterocycles. The van der Waals surface area contributed by atoms with Gasteiger partial charge in [-0.25, -0.2) is 0 Å². The van der Waals surface area contributed by atoms with Gasteiger partial charge >= 0.3 is 0 Å². The van der Waals surface area contributed by atoms with E-state index in [9.17, 15) is 0 Å². The molecule has 0 radical (unpaired) electrons. The highest BCUT2D eigenvalue weighted by Crippen LogP contribution is 2.38. The lowest BCUT2D eigenvalue weighted by atomic mass is 9.86. The molecule has 1 saturated heterocycles. The van der Waals surface area contributed by atoms with Crippen LogP contribution in [0.3, 0.4) is 0 Å². The summed E-state index contributed by atoms with van der Waals surface area (Å²) in [6, 6.07) is 20.8. The quantitative estimate of drug-likeness (QED) is 0.702. The van der Waals surface area contributed by atoms with Gasteiger partial charge in [0.15, 0.2) is 0 Å². The smallest absolute Gasteiger partial charge is 0.108 e. The first kappa shape index (κ1) is 17.5. The zero-order valence-corrected chi connectivity index (χ0v) is 15.2. The largest absolute Gasteiger partial charge is 0.374 e. The number of rotatable bonds is 6. The molecular formula is C21H26O2S. The summed E-state index contributed by atoms with van der Waals surface area (Å²) in [4.78, 5) is 1.27. The maximum absolute atomic E-state index is 6.35. The first-order valence-corrected chi connectivity index (χ1v) is 9.59. The maximum Gasteiger partial charge on any atom is 0.108 e. The van der Waals surface area contributed by atoms with E-state index in [1.54, 1.807) is 0 Å². The molecule has 1 fully saturated rings. The predicted molar refractivity (Wildman–Crippen MR) is 100 cm³/mol. The summed E-state index contributed by atoms with van der Waals surface area (Å²) >= 11 is 1.83. The van der Waals surface area contributed by atoms with E-state index in [2.05, 4.69) is 56.3 Å². The first-order valence-electron chi connectivity index (χ1n) is 8.71. The summed E-state index contributed by atoms with van der Waals surface area (Å²) in [7, 11) is 0. The van der Waals surface area contributed by atoms with E-state index >= 15 is 0 Å². The number of benzene rings is 2. The molecule has 0 spiro atoms. The fraction of sp³-hybridized carbons (Fsp3) is 0.429. The van der Waals surface area contributed by atoms with E-state index < -0.39 is 0 Å². The van der Waals surface area contributed by atoms with Gasteiger partial charge in [-0.1, -0.05) is 74.1 Å². The van der Waals surface area contributed by atoms with Crippen molar-refractivity contribution in [3.05, 3.63) is 66.2 Å². The van der Waals surface area contributed by atoms with E-state index in [1.165, 1.54) is 10.5 Å². The second-order valence-electron chi connectivity index (χ2n) is 6.61. The first-order chi connectivity index (χ1) is 11.7. The normalized spacial score (nSPS) is 27.1. The van der Waals surface area contributed by atoms with Crippen molar-refractivity contribution in [1.29, 1.82) is 0 Å². The monoisotopic (exact) mass is 342 g/mol. The molecule has 2 aromatic rings. The van der Waals surface area contributed by atoms with Crippen LogP contribution in [0.4, 0.5) is 0 Å². The third kappa shape index (κ3) is 4.85. The lowest BCUT2D eigenvalue weighted by Crippen LogP contribution is -2.40. The molecule has 0 saturated carbocycles. The average Bonchev–Trinajstić information content (AvgIpc) is 2.61. The van der Waals surface area contributed by atoms with E-state index in [1.807, 2.05) is 30.0 Å². The topological polar surface area (TPSA) is 18.5 Å². The van der Waals surface area contributed by atoms with Gasteiger partial charge in [0.2, 0.25) is 0 Å². The van der Waals surface area contributed by atoms with Gasteiger partial charge in [-0.3, -0.25) is 0 Å². The third-order valence-corrected chi connectivity index (χ3v) is 5.89. The number of hydrogen-bond donors (Lipinski definition) is 0. The van der Waals surface area contributed by atoms with Crippen LogP contribution >= 0.6 is 11.8 Å². The van der Waals surface area contributed by atoms with Crippen LogP contribution in [0.25, 0.3) is 0 Å². The van der Waals surface area contributed by atoms with Gasteiger partial charge in [0.05, 0.1) is 19.3 Å². The Morgan fingerprint density at radius 1 is 1.00 bits per heavy atom. The van der Waals surface area contributed by atoms with Gasteiger partial charge in [0.25, 0.3) is 0 Å². The molecule has 4 atom stereocenters. The van der Waals surface area contributed by atoms with Crippen molar-refractivity contribution in [2.75, 3.05) is 6.61 Å². The second kappa shape index (κ2) is 8.70. The van der Waals surface area contributed by atoms with Gasteiger partial charge in [0, 0.05) is 4.90 Å². The molecule has 3 rings (SSSR count). The highest BCUT2D eigenvalue weighted by atomic mass is 32.2. The van der Waals surface area contributed by atoms with Gasteiger partial charge in [-0.2, -0.15) is 0 Å². The van der Waals surface area contributed by atoms with Crippen LogP contribution in [0, 0.1) is 11.8 Å². The minimum Gasteiger partial charge on any atom is -0.374 e. The zero-order chi connectivity index (χ0) is 16.8. The fourth-order valence-electron chi connectivity index (χ4n) is 3.04. The van der Waals surface area contributed by atoms with Crippen LogP contribution in [0.1, 0.15) is 25.8 Å². The molecule has 128 valence electrons. The van der Waals surface area contributed by atoms with Gasteiger partial charge in [0.1, 0.15) is 5.44 Å². The predicted octanol–water partition coefficient (Wildman–Crippen LogP) is 5.38. The molecule has 0 bridgehead atoms. The Balaban J connectivity index is 1.53. The summed E-state index contributed by atoms with van der Waals surface area (Å²) < 4.78 is 12.3. The van der Waals surface area contributed by atoms with Crippen LogP contribution in [0.2, 0.25) is 0 Å². The Morgan fingerprint density at radius 2 is 1.67 bits per heavy atom. The summed E-state index contributed by atoms with van der Waals surface area (Å²) in [6.07, 6.45) is 1.26. The third-order valence-electron chi connectivity index (χ3n) is 4.78. The van der Waals surface area contributed by atoms with E-state index in [0.29, 0.717) is 25.0 Å². The summed E-state index contributed by atoms with van der Waals surface area (Å²) in [5, 5.41) is 0. The molecule has 2 nitrogen and oxygen atoms in total. The molecule has 0 N–H and O–H groups in total. The van der Waals surface area contributed by atoms with Crippen molar-refractivity contribution in [3.8, 4) is 0 Å². The maximum atomic E-state index is 6.35. The summed E-state index contributed by atoms with van der Waals surface area (Å²) in [6.45, 7) is 5.92. The number of ether oxygens (including phenoxy) is 2. The highest BCUT2D eigenvalue weighted by molar-refractivity contribution is 7.99. The lowest BCUT2D eigenvalue weighted by molar-refractivity contribution is -0.102. The number of hydrogen-bond acceptors (Lipinski definition) is 3. The molecule has 1 heterocycles. The lowest BCUT2D eigenvalue weighted by Gasteiger charge is -2.38. The molecular weight excluding hydrogens is 316 g/mol. The van der Waals surface area contributed by atoms with Crippen LogP contribution in [-0.4, -0.2) is 18.1 Å². The molecule has 0 amide bonds. The molecule has 24 heavy (non-hydrogen) atoms. The van der Waals surface area contributed by atoms with E-state index in [0.717, 1.165) is 6.42 Å². The second-order valence-corrected chi connectivity index (χ2v) is 7.84. The Kier molecular flexibility index (Phi) is 6.36. The van der Waals surface area contributed by atoms with Crippen molar-refractivity contribution in [2.24, 2.45) is 11.8 Å².